The molecule has 1 N–H and O–H groups in total. The van der Waals surface area contributed by atoms with Crippen molar-refractivity contribution in [1.82, 2.24) is 5.32 Å². The zero-order valence-electron chi connectivity index (χ0n) is 8.31. The molecule has 13 heavy (non-hydrogen) atoms. The molecule has 0 aliphatic carbocycles. The Balaban J connectivity index is 3.71. The summed E-state index contributed by atoms with van der Waals surface area (Å²) in [4.78, 5) is 11.2. The Bertz CT molecular complexity index is 136. The minimum absolute atomic E-state index is 0.00509. The number of halogens is 1. The van der Waals surface area contributed by atoms with E-state index in [9.17, 15) is 4.79 Å². The summed E-state index contributed by atoms with van der Waals surface area (Å²) in [5.74, 6) is 0.378. The van der Waals surface area contributed by atoms with Crippen molar-refractivity contribution in [3.05, 3.63) is 0 Å². The maximum atomic E-state index is 11.2. The van der Waals surface area contributed by atoms with Gasteiger partial charge < -0.3 is 10.1 Å². The van der Waals surface area contributed by atoms with Crippen LogP contribution in [0.5, 0.6) is 0 Å². The molecular weight excluding hydrogens is 190 g/mol. The molecule has 0 saturated heterocycles. The molecule has 3 nitrogen and oxygen atoms in total. The Kier molecular flexibility index (Phi) is 8.14. The van der Waals surface area contributed by atoms with Crippen LogP contribution in [0.3, 0.4) is 0 Å². The van der Waals surface area contributed by atoms with E-state index in [-0.39, 0.29) is 11.9 Å². The molecule has 78 valence electrons. The lowest BCUT2D eigenvalue weighted by Gasteiger charge is -2.16. The first-order valence-electron chi connectivity index (χ1n) is 4.58. The van der Waals surface area contributed by atoms with Gasteiger partial charge in [-0.15, -0.1) is 11.6 Å². The van der Waals surface area contributed by atoms with Crippen LogP contribution in [0.4, 0.5) is 0 Å². The highest BCUT2D eigenvalue weighted by molar-refractivity contribution is 6.18. The van der Waals surface area contributed by atoms with E-state index in [0.29, 0.717) is 18.9 Å². The van der Waals surface area contributed by atoms with Crippen molar-refractivity contribution in [3.63, 3.8) is 0 Å². The fraction of sp³-hybridized carbons (Fsp3) is 0.889. The normalized spacial score (nSPS) is 12.5. The summed E-state index contributed by atoms with van der Waals surface area (Å²) in [7, 11) is 1.64. The van der Waals surface area contributed by atoms with Crippen LogP contribution in [0.1, 0.15) is 26.2 Å². The minimum Gasteiger partial charge on any atom is -0.383 e. The zero-order chi connectivity index (χ0) is 10.1. The zero-order valence-corrected chi connectivity index (χ0v) is 9.06. The molecule has 0 radical (unpaired) electrons. The molecule has 0 fully saturated rings. The van der Waals surface area contributed by atoms with Crippen molar-refractivity contribution < 1.29 is 9.53 Å². The van der Waals surface area contributed by atoms with Crippen LogP contribution in [0.15, 0.2) is 0 Å². The van der Waals surface area contributed by atoms with Crippen molar-refractivity contribution >= 4 is 17.5 Å². The van der Waals surface area contributed by atoms with Gasteiger partial charge in [-0.3, -0.25) is 4.79 Å². The topological polar surface area (TPSA) is 38.3 Å². The van der Waals surface area contributed by atoms with Gasteiger partial charge in [0, 0.05) is 19.4 Å². The molecule has 0 aromatic heterocycles. The second-order valence-corrected chi connectivity index (χ2v) is 3.33. The highest BCUT2D eigenvalue weighted by Gasteiger charge is 2.09. The fourth-order valence-corrected chi connectivity index (χ4v) is 1.30. The predicted octanol–water partition coefficient (Wildman–Crippen LogP) is 1.55. The van der Waals surface area contributed by atoms with E-state index in [1.54, 1.807) is 7.11 Å². The van der Waals surface area contributed by atoms with E-state index in [1.807, 2.05) is 0 Å². The van der Waals surface area contributed by atoms with Gasteiger partial charge in [0.05, 0.1) is 12.6 Å². The summed E-state index contributed by atoms with van der Waals surface area (Å²) >= 11 is 5.44. The summed E-state index contributed by atoms with van der Waals surface area (Å²) in [5, 5.41) is 2.87. The standard InChI is InChI=1S/C9H18ClNO2/c1-3-4-8(7-13-2)11-9(12)5-6-10/h8H,3-7H2,1-2H3,(H,11,12). The number of hydrogen-bond acceptors (Lipinski definition) is 2. The SMILES string of the molecule is CCCC(COC)NC(=O)CCCl. The quantitative estimate of drug-likeness (QED) is 0.644. The molecule has 0 aromatic rings. The van der Waals surface area contributed by atoms with E-state index < -0.39 is 0 Å². The molecule has 0 heterocycles. The van der Waals surface area contributed by atoms with Crippen LogP contribution in [0, 0.1) is 0 Å². The summed E-state index contributed by atoms with van der Waals surface area (Å²) in [6, 6.07) is 0.130. The van der Waals surface area contributed by atoms with Crippen LogP contribution >= 0.6 is 11.6 Å². The molecule has 4 heteroatoms. The number of amides is 1. The van der Waals surface area contributed by atoms with Gasteiger partial charge in [0.1, 0.15) is 0 Å². The molecule has 0 rings (SSSR count). The van der Waals surface area contributed by atoms with Gasteiger partial charge in [0.15, 0.2) is 0 Å². The number of alkyl halides is 1. The second-order valence-electron chi connectivity index (χ2n) is 2.95. The van der Waals surface area contributed by atoms with Crippen LogP contribution in [-0.2, 0) is 9.53 Å². The first kappa shape index (κ1) is 12.7. The van der Waals surface area contributed by atoms with Crippen molar-refractivity contribution in [2.45, 2.75) is 32.2 Å². The number of methoxy groups -OCH3 is 1. The molecule has 0 aliphatic heterocycles. The van der Waals surface area contributed by atoms with Gasteiger partial charge in [-0.05, 0) is 6.42 Å². The third-order valence-electron chi connectivity index (χ3n) is 1.69. The van der Waals surface area contributed by atoms with E-state index in [2.05, 4.69) is 12.2 Å². The average Bonchev–Trinajstić information content (AvgIpc) is 2.05. The molecule has 0 aromatic carbocycles. The van der Waals surface area contributed by atoms with Crippen LogP contribution in [0.25, 0.3) is 0 Å². The molecule has 0 spiro atoms. The highest BCUT2D eigenvalue weighted by atomic mass is 35.5. The van der Waals surface area contributed by atoms with Gasteiger partial charge in [-0.2, -0.15) is 0 Å². The van der Waals surface area contributed by atoms with Gasteiger partial charge in [0.2, 0.25) is 5.91 Å². The van der Waals surface area contributed by atoms with Gasteiger partial charge in [-0.1, -0.05) is 13.3 Å². The maximum Gasteiger partial charge on any atom is 0.221 e. The van der Waals surface area contributed by atoms with Crippen molar-refractivity contribution in [3.8, 4) is 0 Å². The molecule has 1 atom stereocenters. The Hall–Kier alpha value is -0.280. The first-order valence-corrected chi connectivity index (χ1v) is 5.12. The summed E-state index contributed by atoms with van der Waals surface area (Å²) in [6.45, 7) is 2.65. The number of rotatable bonds is 7. The number of ether oxygens (including phenoxy) is 1. The molecule has 1 amide bonds. The van der Waals surface area contributed by atoms with Gasteiger partial charge in [-0.25, -0.2) is 0 Å². The number of carbonyl (C=O) groups excluding carboxylic acids is 1. The monoisotopic (exact) mass is 207 g/mol. The maximum absolute atomic E-state index is 11.2. The number of carbonyl (C=O) groups is 1. The molecule has 0 aliphatic rings. The summed E-state index contributed by atoms with van der Waals surface area (Å²) < 4.78 is 4.99. The predicted molar refractivity (Wildman–Crippen MR) is 54.1 cm³/mol. The summed E-state index contributed by atoms with van der Waals surface area (Å²) in [5.41, 5.74) is 0. The van der Waals surface area contributed by atoms with E-state index in [1.165, 1.54) is 0 Å². The first-order chi connectivity index (χ1) is 6.24. The van der Waals surface area contributed by atoms with Crippen LogP contribution in [0.2, 0.25) is 0 Å². The molecule has 1 unspecified atom stereocenters. The van der Waals surface area contributed by atoms with Crippen LogP contribution < -0.4 is 5.32 Å². The van der Waals surface area contributed by atoms with E-state index >= 15 is 0 Å². The number of nitrogens with one attached hydrogen (secondary N) is 1. The average molecular weight is 208 g/mol. The van der Waals surface area contributed by atoms with Crippen molar-refractivity contribution in [2.75, 3.05) is 19.6 Å². The summed E-state index contributed by atoms with van der Waals surface area (Å²) in [6.07, 6.45) is 2.36. The molecular formula is C9H18ClNO2. The molecule has 0 bridgehead atoms. The second kappa shape index (κ2) is 8.32. The largest absolute Gasteiger partial charge is 0.383 e. The Morgan fingerprint density at radius 3 is 2.77 bits per heavy atom. The Morgan fingerprint density at radius 2 is 2.31 bits per heavy atom. The Labute approximate surface area is 84.8 Å². The lowest BCUT2D eigenvalue weighted by atomic mass is 10.2. The number of hydrogen-bond donors (Lipinski definition) is 1. The van der Waals surface area contributed by atoms with Crippen LogP contribution in [-0.4, -0.2) is 31.5 Å². The fourth-order valence-electron chi connectivity index (χ4n) is 1.13. The van der Waals surface area contributed by atoms with Gasteiger partial charge in [0.25, 0.3) is 0 Å². The van der Waals surface area contributed by atoms with E-state index in [0.717, 1.165) is 12.8 Å². The lowest BCUT2D eigenvalue weighted by Crippen LogP contribution is -2.37. The third kappa shape index (κ3) is 6.84. The van der Waals surface area contributed by atoms with Gasteiger partial charge >= 0.3 is 0 Å². The third-order valence-corrected chi connectivity index (χ3v) is 1.88. The highest BCUT2D eigenvalue weighted by Crippen LogP contribution is 1.98. The smallest absolute Gasteiger partial charge is 0.221 e. The minimum atomic E-state index is 0.00509. The van der Waals surface area contributed by atoms with E-state index in [4.69, 9.17) is 16.3 Å². The van der Waals surface area contributed by atoms with Crippen molar-refractivity contribution in [1.29, 1.82) is 0 Å². The lowest BCUT2D eigenvalue weighted by molar-refractivity contribution is -0.121. The Morgan fingerprint density at radius 1 is 1.62 bits per heavy atom. The van der Waals surface area contributed by atoms with Crippen molar-refractivity contribution in [2.24, 2.45) is 0 Å². The molecule has 0 saturated carbocycles.